The third kappa shape index (κ3) is 5.56. The van der Waals surface area contributed by atoms with E-state index in [4.69, 9.17) is 17.3 Å². The summed E-state index contributed by atoms with van der Waals surface area (Å²) in [7, 11) is 0. The number of anilines is 1. The van der Waals surface area contributed by atoms with Gasteiger partial charge in [-0.3, -0.25) is 4.79 Å². The van der Waals surface area contributed by atoms with Crippen molar-refractivity contribution in [2.24, 2.45) is 11.7 Å². The van der Waals surface area contributed by atoms with Crippen LogP contribution in [0.2, 0.25) is 5.02 Å². The summed E-state index contributed by atoms with van der Waals surface area (Å²) >= 11 is 6.37. The van der Waals surface area contributed by atoms with Gasteiger partial charge in [-0.05, 0) is 37.9 Å². The standard InChI is InChI=1S/C16H26ClN3O/c1-11(2)8-19-9-13-6-5-7-14(17)16(13)20(12(3)4)10-15(18)21/h5-7,11-12,19H,8-10H2,1-4H3,(H2,18,21). The molecule has 4 nitrogen and oxygen atoms in total. The fourth-order valence-electron chi connectivity index (χ4n) is 2.21. The van der Waals surface area contributed by atoms with Gasteiger partial charge in [0.1, 0.15) is 0 Å². The van der Waals surface area contributed by atoms with E-state index in [0.29, 0.717) is 10.9 Å². The molecule has 1 aromatic carbocycles. The lowest BCUT2D eigenvalue weighted by Gasteiger charge is -2.30. The van der Waals surface area contributed by atoms with Crippen LogP contribution in [0.25, 0.3) is 0 Å². The van der Waals surface area contributed by atoms with Crippen molar-refractivity contribution < 1.29 is 4.79 Å². The van der Waals surface area contributed by atoms with Gasteiger partial charge in [0.2, 0.25) is 5.91 Å². The van der Waals surface area contributed by atoms with Crippen LogP contribution < -0.4 is 16.0 Å². The van der Waals surface area contributed by atoms with Gasteiger partial charge < -0.3 is 16.0 Å². The Kier molecular flexibility index (Phi) is 6.99. The summed E-state index contributed by atoms with van der Waals surface area (Å²) in [5, 5.41) is 4.06. The third-order valence-corrected chi connectivity index (χ3v) is 3.48. The number of nitrogens with zero attached hydrogens (tertiary/aromatic N) is 1. The fraction of sp³-hybridized carbons (Fsp3) is 0.562. The average Bonchev–Trinajstić information content (AvgIpc) is 2.36. The van der Waals surface area contributed by atoms with Crippen LogP contribution in [0.1, 0.15) is 33.3 Å². The molecule has 0 saturated heterocycles. The molecule has 0 saturated carbocycles. The maximum atomic E-state index is 11.3. The largest absolute Gasteiger partial charge is 0.368 e. The molecule has 3 N–H and O–H groups in total. The SMILES string of the molecule is CC(C)CNCc1cccc(Cl)c1N(CC(N)=O)C(C)C. The molecule has 1 rings (SSSR count). The van der Waals surface area contributed by atoms with Crippen molar-refractivity contribution in [3.63, 3.8) is 0 Å². The molecule has 0 aromatic heterocycles. The van der Waals surface area contributed by atoms with Gasteiger partial charge in [-0.2, -0.15) is 0 Å². The number of amides is 1. The number of rotatable bonds is 8. The Bertz CT molecular complexity index is 475. The number of carbonyl (C=O) groups excluding carboxylic acids is 1. The van der Waals surface area contributed by atoms with Crippen LogP contribution in [0, 0.1) is 5.92 Å². The number of hydrogen-bond donors (Lipinski definition) is 2. The summed E-state index contributed by atoms with van der Waals surface area (Å²) < 4.78 is 0. The van der Waals surface area contributed by atoms with E-state index in [1.807, 2.05) is 36.9 Å². The Morgan fingerprint density at radius 1 is 1.33 bits per heavy atom. The number of carbonyl (C=O) groups is 1. The number of benzene rings is 1. The first kappa shape index (κ1) is 17.8. The summed E-state index contributed by atoms with van der Waals surface area (Å²) in [4.78, 5) is 13.3. The Hall–Kier alpha value is -1.26. The lowest BCUT2D eigenvalue weighted by molar-refractivity contribution is -0.116. The molecular formula is C16H26ClN3O. The minimum absolute atomic E-state index is 0.140. The fourth-order valence-corrected chi connectivity index (χ4v) is 2.51. The first-order valence-electron chi connectivity index (χ1n) is 7.36. The van der Waals surface area contributed by atoms with Crippen LogP contribution in [0.3, 0.4) is 0 Å². The smallest absolute Gasteiger partial charge is 0.236 e. The van der Waals surface area contributed by atoms with Gasteiger partial charge >= 0.3 is 0 Å². The summed E-state index contributed by atoms with van der Waals surface area (Å²) in [5.74, 6) is 0.226. The van der Waals surface area contributed by atoms with Crippen LogP contribution in [-0.4, -0.2) is 25.0 Å². The van der Waals surface area contributed by atoms with E-state index in [1.54, 1.807) is 0 Å². The highest BCUT2D eigenvalue weighted by atomic mass is 35.5. The van der Waals surface area contributed by atoms with Crippen LogP contribution in [-0.2, 0) is 11.3 Å². The Balaban J connectivity index is 3.04. The molecule has 1 aromatic rings. The summed E-state index contributed by atoms with van der Waals surface area (Å²) in [6.07, 6.45) is 0. The maximum Gasteiger partial charge on any atom is 0.236 e. The number of halogens is 1. The molecule has 21 heavy (non-hydrogen) atoms. The summed E-state index contributed by atoms with van der Waals surface area (Å²) in [5.41, 5.74) is 7.34. The summed E-state index contributed by atoms with van der Waals surface area (Å²) in [6.45, 7) is 10.2. The first-order valence-corrected chi connectivity index (χ1v) is 7.73. The Morgan fingerprint density at radius 2 is 2.00 bits per heavy atom. The molecule has 0 aliphatic rings. The van der Waals surface area contributed by atoms with Gasteiger partial charge in [-0.25, -0.2) is 0 Å². The predicted octanol–water partition coefficient (Wildman–Crippen LogP) is 2.79. The third-order valence-electron chi connectivity index (χ3n) is 3.18. The lowest BCUT2D eigenvalue weighted by Crippen LogP contribution is -2.39. The first-order chi connectivity index (χ1) is 9.82. The van der Waals surface area contributed by atoms with Gasteiger partial charge in [0, 0.05) is 12.6 Å². The second-order valence-electron chi connectivity index (χ2n) is 5.96. The topological polar surface area (TPSA) is 58.4 Å². The van der Waals surface area contributed by atoms with Crippen LogP contribution in [0.15, 0.2) is 18.2 Å². The van der Waals surface area contributed by atoms with E-state index < -0.39 is 0 Å². The highest BCUT2D eigenvalue weighted by molar-refractivity contribution is 6.33. The van der Waals surface area contributed by atoms with Gasteiger partial charge in [0.05, 0.1) is 17.3 Å². The highest BCUT2D eigenvalue weighted by Gasteiger charge is 2.19. The zero-order chi connectivity index (χ0) is 16.0. The van der Waals surface area contributed by atoms with Gasteiger partial charge in [-0.1, -0.05) is 37.6 Å². The lowest BCUT2D eigenvalue weighted by atomic mass is 10.1. The molecule has 0 aliphatic heterocycles. The molecule has 0 unspecified atom stereocenters. The second-order valence-corrected chi connectivity index (χ2v) is 6.37. The van der Waals surface area contributed by atoms with Crippen molar-refractivity contribution in [3.05, 3.63) is 28.8 Å². The minimum atomic E-state index is -0.357. The average molecular weight is 312 g/mol. The van der Waals surface area contributed by atoms with Crippen molar-refractivity contribution in [2.75, 3.05) is 18.0 Å². The molecule has 0 radical (unpaired) electrons. The summed E-state index contributed by atoms with van der Waals surface area (Å²) in [6, 6.07) is 5.95. The van der Waals surface area contributed by atoms with Crippen molar-refractivity contribution >= 4 is 23.2 Å². The molecule has 0 spiro atoms. The molecular weight excluding hydrogens is 286 g/mol. The molecule has 0 heterocycles. The molecule has 5 heteroatoms. The second kappa shape index (κ2) is 8.25. The quantitative estimate of drug-likeness (QED) is 0.776. The van der Waals surface area contributed by atoms with E-state index in [-0.39, 0.29) is 18.5 Å². The van der Waals surface area contributed by atoms with Crippen molar-refractivity contribution in [1.29, 1.82) is 0 Å². The molecule has 1 amide bonds. The molecule has 0 aliphatic carbocycles. The van der Waals surface area contributed by atoms with Gasteiger partial charge in [0.25, 0.3) is 0 Å². The van der Waals surface area contributed by atoms with Gasteiger partial charge in [-0.15, -0.1) is 0 Å². The monoisotopic (exact) mass is 311 g/mol. The normalized spacial score (nSPS) is 11.2. The number of nitrogens with one attached hydrogen (secondary N) is 1. The molecule has 0 fully saturated rings. The van der Waals surface area contributed by atoms with E-state index in [1.165, 1.54) is 0 Å². The van der Waals surface area contributed by atoms with Crippen LogP contribution >= 0.6 is 11.6 Å². The Labute approximate surface area is 132 Å². The zero-order valence-corrected chi connectivity index (χ0v) is 14.1. The molecule has 0 atom stereocenters. The Morgan fingerprint density at radius 3 is 2.52 bits per heavy atom. The van der Waals surface area contributed by atoms with Crippen LogP contribution in [0.5, 0.6) is 0 Å². The number of nitrogens with two attached hydrogens (primary N) is 1. The predicted molar refractivity (Wildman–Crippen MR) is 89.7 cm³/mol. The molecule has 118 valence electrons. The van der Waals surface area contributed by atoms with Crippen molar-refractivity contribution in [1.82, 2.24) is 5.32 Å². The zero-order valence-electron chi connectivity index (χ0n) is 13.3. The minimum Gasteiger partial charge on any atom is -0.368 e. The van der Waals surface area contributed by atoms with E-state index >= 15 is 0 Å². The number of hydrogen-bond acceptors (Lipinski definition) is 3. The van der Waals surface area contributed by atoms with E-state index in [0.717, 1.165) is 24.3 Å². The highest BCUT2D eigenvalue weighted by Crippen LogP contribution is 2.31. The van der Waals surface area contributed by atoms with Crippen molar-refractivity contribution in [3.8, 4) is 0 Å². The van der Waals surface area contributed by atoms with E-state index in [9.17, 15) is 4.79 Å². The molecule has 0 bridgehead atoms. The maximum absolute atomic E-state index is 11.3. The number of primary amides is 1. The van der Waals surface area contributed by atoms with Crippen molar-refractivity contribution in [2.45, 2.75) is 40.3 Å². The van der Waals surface area contributed by atoms with E-state index in [2.05, 4.69) is 19.2 Å². The number of para-hydroxylation sites is 1. The van der Waals surface area contributed by atoms with Gasteiger partial charge in [0.15, 0.2) is 0 Å². The van der Waals surface area contributed by atoms with Crippen LogP contribution in [0.4, 0.5) is 5.69 Å².